The highest BCUT2D eigenvalue weighted by Crippen LogP contribution is 2.30. The number of hydrogen-bond donors (Lipinski definition) is 1. The van der Waals surface area contributed by atoms with Gasteiger partial charge in [0.25, 0.3) is 5.91 Å². The first-order valence-corrected chi connectivity index (χ1v) is 10.4. The number of para-hydroxylation sites is 2. The van der Waals surface area contributed by atoms with E-state index in [1.807, 2.05) is 0 Å². The Morgan fingerprint density at radius 2 is 1.82 bits per heavy atom. The zero-order valence-corrected chi connectivity index (χ0v) is 16.6. The number of fused-ring (bicyclic) bond motifs is 1. The van der Waals surface area contributed by atoms with Gasteiger partial charge in [-0.2, -0.15) is 0 Å². The molecule has 0 aliphatic carbocycles. The zero-order chi connectivity index (χ0) is 20.5. The van der Waals surface area contributed by atoms with Crippen LogP contribution in [0.4, 0.5) is 17.1 Å². The van der Waals surface area contributed by atoms with Gasteiger partial charge in [0.2, 0.25) is 15.9 Å². The summed E-state index contributed by atoms with van der Waals surface area (Å²) in [4.78, 5) is 26.1. The van der Waals surface area contributed by atoms with Crippen LogP contribution >= 0.6 is 0 Å². The second kappa shape index (κ2) is 7.51. The Morgan fingerprint density at radius 3 is 2.46 bits per heavy atom. The summed E-state index contributed by atoms with van der Waals surface area (Å²) in [5.74, 6) is -0.201. The van der Waals surface area contributed by atoms with Crippen LogP contribution in [0.5, 0.6) is 5.75 Å². The van der Waals surface area contributed by atoms with Crippen molar-refractivity contribution < 1.29 is 22.7 Å². The van der Waals surface area contributed by atoms with Crippen molar-refractivity contribution in [2.24, 2.45) is 0 Å². The minimum atomic E-state index is -3.36. The third-order valence-electron chi connectivity index (χ3n) is 4.40. The van der Waals surface area contributed by atoms with Crippen LogP contribution in [0.25, 0.3) is 0 Å². The molecule has 0 radical (unpaired) electrons. The van der Waals surface area contributed by atoms with E-state index in [0.717, 1.165) is 10.6 Å². The molecule has 1 N–H and O–H groups in total. The maximum Gasteiger partial charge on any atom is 0.268 e. The van der Waals surface area contributed by atoms with Crippen molar-refractivity contribution in [1.82, 2.24) is 0 Å². The van der Waals surface area contributed by atoms with Gasteiger partial charge < -0.3 is 10.1 Å². The molecule has 0 bridgehead atoms. The first-order chi connectivity index (χ1) is 13.2. The van der Waals surface area contributed by atoms with Gasteiger partial charge in [0.1, 0.15) is 12.3 Å². The van der Waals surface area contributed by atoms with Crippen LogP contribution in [0.15, 0.2) is 48.5 Å². The second-order valence-electron chi connectivity index (χ2n) is 6.47. The van der Waals surface area contributed by atoms with Crippen molar-refractivity contribution in [3.63, 3.8) is 0 Å². The lowest BCUT2D eigenvalue weighted by Gasteiger charge is -2.31. The van der Waals surface area contributed by atoms with Gasteiger partial charge in [-0.05, 0) is 43.3 Å². The maximum absolute atomic E-state index is 12.9. The quantitative estimate of drug-likeness (QED) is 0.822. The predicted octanol–water partition coefficient (Wildman–Crippen LogP) is 1.83. The van der Waals surface area contributed by atoms with Crippen molar-refractivity contribution >= 4 is 38.9 Å². The zero-order valence-electron chi connectivity index (χ0n) is 15.7. The monoisotopic (exact) mass is 403 g/mol. The van der Waals surface area contributed by atoms with Crippen LogP contribution in [-0.2, 0) is 19.6 Å². The molecule has 0 fully saturated rings. The van der Waals surface area contributed by atoms with Gasteiger partial charge >= 0.3 is 0 Å². The predicted molar refractivity (Wildman–Crippen MR) is 107 cm³/mol. The molecule has 1 aliphatic heterocycles. The number of rotatable bonds is 5. The van der Waals surface area contributed by atoms with E-state index in [1.165, 1.54) is 11.9 Å². The fourth-order valence-corrected chi connectivity index (χ4v) is 3.33. The maximum atomic E-state index is 12.9. The van der Waals surface area contributed by atoms with Crippen LogP contribution in [0.2, 0.25) is 0 Å². The molecule has 8 nitrogen and oxygen atoms in total. The van der Waals surface area contributed by atoms with Gasteiger partial charge in [-0.3, -0.25) is 18.8 Å². The number of ether oxygens (including phenoxy) is 1. The Balaban J connectivity index is 1.74. The molecule has 2 aromatic rings. The van der Waals surface area contributed by atoms with Crippen molar-refractivity contribution in [2.45, 2.75) is 13.0 Å². The molecule has 9 heteroatoms. The molecule has 0 unspecified atom stereocenters. The Labute approximate surface area is 163 Å². The summed E-state index contributed by atoms with van der Waals surface area (Å²) in [6.07, 6.45) is 0.280. The number of carbonyl (C=O) groups excluding carboxylic acids is 2. The first kappa shape index (κ1) is 19.7. The lowest BCUT2D eigenvalue weighted by Crippen LogP contribution is -2.47. The van der Waals surface area contributed by atoms with Gasteiger partial charge in [-0.15, -0.1) is 0 Å². The molecular formula is C19H21N3O5S. The number of sulfonamides is 1. The molecule has 1 heterocycles. The molecule has 28 heavy (non-hydrogen) atoms. The fraction of sp³-hybridized carbons (Fsp3) is 0.263. The van der Waals surface area contributed by atoms with Gasteiger partial charge in [0.15, 0.2) is 6.10 Å². The smallest absolute Gasteiger partial charge is 0.268 e. The fourth-order valence-electron chi connectivity index (χ4n) is 2.83. The minimum Gasteiger partial charge on any atom is -0.481 e. The van der Waals surface area contributed by atoms with Crippen molar-refractivity contribution in [3.8, 4) is 5.75 Å². The Bertz CT molecular complexity index is 1000. The standard InChI is InChI=1S/C19H21N3O5S/c1-13(27-15-10-8-14(9-11-15)21(2)28(3,25)26)19(24)22-12-18(23)20-16-6-4-5-7-17(16)22/h4-11,13H,12H2,1-3H3,(H,20,23)/t13-/m0/s1. The van der Waals surface area contributed by atoms with Gasteiger partial charge in [-0.25, -0.2) is 8.42 Å². The molecule has 1 aliphatic rings. The Hall–Kier alpha value is -3.07. The molecule has 0 saturated carbocycles. The Morgan fingerprint density at radius 1 is 1.18 bits per heavy atom. The average molecular weight is 403 g/mol. The third-order valence-corrected chi connectivity index (χ3v) is 5.60. The topological polar surface area (TPSA) is 96.0 Å². The number of carbonyl (C=O) groups is 2. The SMILES string of the molecule is C[C@H](Oc1ccc(N(C)S(C)(=O)=O)cc1)C(=O)N1CC(=O)Nc2ccccc21. The van der Waals surface area contributed by atoms with Crippen molar-refractivity contribution in [2.75, 3.05) is 34.4 Å². The molecule has 3 rings (SSSR count). The van der Waals surface area contributed by atoms with E-state index in [1.54, 1.807) is 55.5 Å². The highest BCUT2D eigenvalue weighted by atomic mass is 32.2. The molecule has 1 atom stereocenters. The largest absolute Gasteiger partial charge is 0.481 e. The summed E-state index contributed by atoms with van der Waals surface area (Å²) in [6.45, 7) is 1.52. The van der Waals surface area contributed by atoms with Crippen LogP contribution in [0, 0.1) is 0 Å². The minimum absolute atomic E-state index is 0.0817. The Kier molecular flexibility index (Phi) is 5.28. The van der Waals surface area contributed by atoms with Crippen molar-refractivity contribution in [1.29, 1.82) is 0 Å². The molecular weight excluding hydrogens is 382 g/mol. The number of nitrogens with zero attached hydrogens (tertiary/aromatic N) is 2. The molecule has 2 aromatic carbocycles. The summed E-state index contributed by atoms with van der Waals surface area (Å²) in [5, 5.41) is 2.73. The second-order valence-corrected chi connectivity index (χ2v) is 8.49. The van der Waals surface area contributed by atoms with Gasteiger partial charge in [-0.1, -0.05) is 12.1 Å². The van der Waals surface area contributed by atoms with E-state index < -0.39 is 16.1 Å². The number of benzene rings is 2. The van der Waals surface area contributed by atoms with E-state index in [-0.39, 0.29) is 18.4 Å². The van der Waals surface area contributed by atoms with Gasteiger partial charge in [0, 0.05) is 7.05 Å². The highest BCUT2D eigenvalue weighted by Gasteiger charge is 2.30. The van der Waals surface area contributed by atoms with E-state index in [0.29, 0.717) is 22.8 Å². The molecule has 2 amide bonds. The van der Waals surface area contributed by atoms with E-state index in [2.05, 4.69) is 5.32 Å². The summed E-state index contributed by atoms with van der Waals surface area (Å²) in [5.41, 5.74) is 1.68. The molecule has 0 saturated heterocycles. The first-order valence-electron chi connectivity index (χ1n) is 8.57. The van der Waals surface area contributed by atoms with E-state index in [9.17, 15) is 18.0 Å². The summed E-state index contributed by atoms with van der Waals surface area (Å²) in [6, 6.07) is 13.4. The number of hydrogen-bond acceptors (Lipinski definition) is 5. The van der Waals surface area contributed by atoms with E-state index in [4.69, 9.17) is 4.74 Å². The van der Waals surface area contributed by atoms with E-state index >= 15 is 0 Å². The summed E-state index contributed by atoms with van der Waals surface area (Å²) in [7, 11) is -1.90. The molecule has 0 aromatic heterocycles. The number of anilines is 3. The van der Waals surface area contributed by atoms with Crippen LogP contribution in [0.3, 0.4) is 0 Å². The average Bonchev–Trinajstić information content (AvgIpc) is 2.66. The number of amides is 2. The van der Waals surface area contributed by atoms with Crippen LogP contribution < -0.4 is 19.3 Å². The third kappa shape index (κ3) is 4.09. The van der Waals surface area contributed by atoms with Crippen LogP contribution in [-0.4, -0.2) is 46.2 Å². The summed E-state index contributed by atoms with van der Waals surface area (Å²) < 4.78 is 30.1. The number of nitrogens with one attached hydrogen (secondary N) is 1. The molecule has 148 valence electrons. The van der Waals surface area contributed by atoms with Crippen LogP contribution in [0.1, 0.15) is 6.92 Å². The summed E-state index contributed by atoms with van der Waals surface area (Å²) >= 11 is 0. The highest BCUT2D eigenvalue weighted by molar-refractivity contribution is 7.92. The van der Waals surface area contributed by atoms with Gasteiger partial charge in [0.05, 0.1) is 23.3 Å². The normalized spacial score (nSPS) is 14.7. The lowest BCUT2D eigenvalue weighted by molar-refractivity contribution is -0.126. The molecule has 0 spiro atoms. The lowest BCUT2D eigenvalue weighted by atomic mass is 10.1. The van der Waals surface area contributed by atoms with Crippen molar-refractivity contribution in [3.05, 3.63) is 48.5 Å².